The molecule has 3 N–H and O–H groups in total. The summed E-state index contributed by atoms with van der Waals surface area (Å²) in [5, 5.41) is 3.42. The zero-order valence-electron chi connectivity index (χ0n) is 11.0. The molecule has 0 aliphatic heterocycles. The first-order valence-electron chi connectivity index (χ1n) is 6.58. The van der Waals surface area contributed by atoms with Gasteiger partial charge in [0.25, 0.3) is 5.91 Å². The summed E-state index contributed by atoms with van der Waals surface area (Å²) in [4.78, 5) is 12.0. The Bertz CT molecular complexity index is 459. The molecule has 1 amide bonds. The lowest BCUT2D eigenvalue weighted by atomic mass is 10.2. The van der Waals surface area contributed by atoms with Crippen LogP contribution in [0.4, 0.5) is 5.69 Å². The van der Waals surface area contributed by atoms with Gasteiger partial charge < -0.3 is 15.8 Å². The number of hydrogen-bond donors (Lipinski definition) is 2. The summed E-state index contributed by atoms with van der Waals surface area (Å²) in [7, 11) is 0. The van der Waals surface area contributed by atoms with Gasteiger partial charge in [-0.1, -0.05) is 24.4 Å². The molecule has 1 fully saturated rings. The summed E-state index contributed by atoms with van der Waals surface area (Å²) in [6, 6.07) is 5.28. The average molecular weight is 283 g/mol. The second-order valence-corrected chi connectivity index (χ2v) is 5.35. The molecule has 1 unspecified atom stereocenters. The van der Waals surface area contributed by atoms with Crippen LogP contribution in [0.3, 0.4) is 0 Å². The van der Waals surface area contributed by atoms with Gasteiger partial charge in [-0.05, 0) is 38.0 Å². The fraction of sp³-hybridized carbons (Fsp3) is 0.500. The number of benzene rings is 1. The second-order valence-electron chi connectivity index (χ2n) is 4.94. The standard InChI is InChI=1S/C14H19ClN2O2/c1-9(14(18)17-11-4-2-3-5-11)19-13-7-6-10(16)8-12(13)15/h6-9,11H,2-5,16H2,1H3,(H,17,18). The minimum absolute atomic E-state index is 0.0974. The summed E-state index contributed by atoms with van der Waals surface area (Å²) in [5.41, 5.74) is 6.18. The highest BCUT2D eigenvalue weighted by atomic mass is 35.5. The Kier molecular flexibility index (Phi) is 4.53. The van der Waals surface area contributed by atoms with Gasteiger partial charge >= 0.3 is 0 Å². The molecule has 2 rings (SSSR count). The van der Waals surface area contributed by atoms with Crippen molar-refractivity contribution in [1.82, 2.24) is 5.32 Å². The van der Waals surface area contributed by atoms with Gasteiger partial charge in [-0.25, -0.2) is 0 Å². The van der Waals surface area contributed by atoms with Gasteiger partial charge in [0.2, 0.25) is 0 Å². The van der Waals surface area contributed by atoms with E-state index in [2.05, 4.69) is 5.32 Å². The zero-order valence-corrected chi connectivity index (χ0v) is 11.7. The number of rotatable bonds is 4. The molecule has 1 aromatic rings. The number of hydrogen-bond acceptors (Lipinski definition) is 3. The number of nitrogens with one attached hydrogen (secondary N) is 1. The Balaban J connectivity index is 1.92. The number of halogens is 1. The van der Waals surface area contributed by atoms with E-state index in [0.717, 1.165) is 12.8 Å². The molecule has 0 spiro atoms. The first-order chi connectivity index (χ1) is 9.06. The molecule has 0 heterocycles. The van der Waals surface area contributed by atoms with Gasteiger partial charge in [-0.15, -0.1) is 0 Å². The highest BCUT2D eigenvalue weighted by Crippen LogP contribution is 2.27. The van der Waals surface area contributed by atoms with Gasteiger partial charge in [0.15, 0.2) is 6.10 Å². The fourth-order valence-corrected chi connectivity index (χ4v) is 2.48. The zero-order chi connectivity index (χ0) is 13.8. The number of nitrogen functional groups attached to an aromatic ring is 1. The molecule has 1 saturated carbocycles. The maximum Gasteiger partial charge on any atom is 0.260 e. The first kappa shape index (κ1) is 14.0. The summed E-state index contributed by atoms with van der Waals surface area (Å²) >= 11 is 6.01. The molecule has 0 aromatic heterocycles. The van der Waals surface area contributed by atoms with Crippen LogP contribution in [-0.4, -0.2) is 18.1 Å². The largest absolute Gasteiger partial charge is 0.479 e. The van der Waals surface area contributed by atoms with Gasteiger partial charge in [0, 0.05) is 11.7 Å². The second kappa shape index (κ2) is 6.15. The molecule has 104 valence electrons. The van der Waals surface area contributed by atoms with Crippen LogP contribution in [-0.2, 0) is 4.79 Å². The minimum Gasteiger partial charge on any atom is -0.479 e. The van der Waals surface area contributed by atoms with Crippen molar-refractivity contribution in [2.24, 2.45) is 0 Å². The number of nitrogens with two attached hydrogens (primary N) is 1. The van der Waals surface area contributed by atoms with Crippen molar-refractivity contribution in [3.63, 3.8) is 0 Å². The van der Waals surface area contributed by atoms with E-state index in [1.54, 1.807) is 25.1 Å². The van der Waals surface area contributed by atoms with Crippen LogP contribution >= 0.6 is 11.6 Å². The Labute approximate surface area is 118 Å². The van der Waals surface area contributed by atoms with Crippen LogP contribution in [0.25, 0.3) is 0 Å². The molecule has 1 aromatic carbocycles. The molecule has 4 nitrogen and oxygen atoms in total. The van der Waals surface area contributed by atoms with Crippen LogP contribution in [0.2, 0.25) is 5.02 Å². The van der Waals surface area contributed by atoms with Crippen LogP contribution in [0.15, 0.2) is 18.2 Å². The molecule has 0 saturated heterocycles. The van der Waals surface area contributed by atoms with Gasteiger partial charge in [-0.2, -0.15) is 0 Å². The maximum atomic E-state index is 12.0. The number of amides is 1. The molecule has 0 radical (unpaired) electrons. The summed E-state index contributed by atoms with van der Waals surface area (Å²) in [6.07, 6.45) is 3.91. The average Bonchev–Trinajstić information content (AvgIpc) is 2.85. The molecular weight excluding hydrogens is 264 g/mol. The van der Waals surface area contributed by atoms with E-state index in [4.69, 9.17) is 22.1 Å². The van der Waals surface area contributed by atoms with Crippen molar-refractivity contribution in [3.8, 4) is 5.75 Å². The van der Waals surface area contributed by atoms with Gasteiger partial charge in [0.05, 0.1) is 5.02 Å². The van der Waals surface area contributed by atoms with Crippen LogP contribution in [0.1, 0.15) is 32.6 Å². The van der Waals surface area contributed by atoms with Crippen LogP contribution in [0.5, 0.6) is 5.75 Å². The van der Waals surface area contributed by atoms with Crippen LogP contribution in [0, 0.1) is 0 Å². The van der Waals surface area contributed by atoms with Gasteiger partial charge in [0.1, 0.15) is 5.75 Å². The lowest BCUT2D eigenvalue weighted by Crippen LogP contribution is -2.41. The summed E-state index contributed by atoms with van der Waals surface area (Å²) in [6.45, 7) is 1.72. The van der Waals surface area contributed by atoms with Crippen molar-refractivity contribution >= 4 is 23.2 Å². The predicted octanol–water partition coefficient (Wildman–Crippen LogP) is 2.75. The van der Waals surface area contributed by atoms with E-state index >= 15 is 0 Å². The van der Waals surface area contributed by atoms with E-state index < -0.39 is 6.10 Å². The molecule has 19 heavy (non-hydrogen) atoms. The Hall–Kier alpha value is -1.42. The van der Waals surface area contributed by atoms with Crippen molar-refractivity contribution in [2.45, 2.75) is 44.8 Å². The molecule has 5 heteroatoms. The lowest BCUT2D eigenvalue weighted by Gasteiger charge is -2.18. The normalized spacial score (nSPS) is 17.2. The predicted molar refractivity (Wildman–Crippen MR) is 76.4 cm³/mol. The van der Waals surface area contributed by atoms with Gasteiger partial charge in [-0.3, -0.25) is 4.79 Å². The number of carbonyl (C=O) groups is 1. The monoisotopic (exact) mass is 282 g/mol. The third kappa shape index (κ3) is 3.77. The number of anilines is 1. The SMILES string of the molecule is CC(Oc1ccc(N)cc1Cl)C(=O)NC1CCCC1. The van der Waals surface area contributed by atoms with Crippen molar-refractivity contribution in [3.05, 3.63) is 23.2 Å². The quantitative estimate of drug-likeness (QED) is 0.835. The number of carbonyl (C=O) groups excluding carboxylic acids is 1. The third-order valence-corrected chi connectivity index (χ3v) is 3.63. The first-order valence-corrected chi connectivity index (χ1v) is 6.96. The fourth-order valence-electron chi connectivity index (χ4n) is 2.25. The van der Waals surface area contributed by atoms with Crippen LogP contribution < -0.4 is 15.8 Å². The lowest BCUT2D eigenvalue weighted by molar-refractivity contribution is -0.127. The Morgan fingerprint density at radius 1 is 1.47 bits per heavy atom. The molecule has 1 aliphatic rings. The van der Waals surface area contributed by atoms with E-state index in [1.807, 2.05) is 0 Å². The summed E-state index contributed by atoms with van der Waals surface area (Å²) < 4.78 is 5.57. The smallest absolute Gasteiger partial charge is 0.260 e. The highest BCUT2D eigenvalue weighted by Gasteiger charge is 2.22. The van der Waals surface area contributed by atoms with E-state index in [-0.39, 0.29) is 5.91 Å². The van der Waals surface area contributed by atoms with Crippen molar-refractivity contribution in [2.75, 3.05) is 5.73 Å². The minimum atomic E-state index is -0.568. The Morgan fingerprint density at radius 3 is 2.79 bits per heavy atom. The van der Waals surface area contributed by atoms with E-state index in [1.165, 1.54) is 12.8 Å². The third-order valence-electron chi connectivity index (χ3n) is 3.33. The molecule has 0 bridgehead atoms. The topological polar surface area (TPSA) is 64.3 Å². The number of ether oxygens (including phenoxy) is 1. The van der Waals surface area contributed by atoms with E-state index in [0.29, 0.717) is 22.5 Å². The molecule has 1 aliphatic carbocycles. The molecule has 1 atom stereocenters. The van der Waals surface area contributed by atoms with Crippen molar-refractivity contribution in [1.29, 1.82) is 0 Å². The Morgan fingerprint density at radius 2 is 2.16 bits per heavy atom. The maximum absolute atomic E-state index is 12.0. The molecular formula is C14H19ClN2O2. The van der Waals surface area contributed by atoms with E-state index in [9.17, 15) is 4.79 Å². The summed E-state index contributed by atoms with van der Waals surface area (Å²) in [5.74, 6) is 0.379. The van der Waals surface area contributed by atoms with Crippen molar-refractivity contribution < 1.29 is 9.53 Å². The highest BCUT2D eigenvalue weighted by molar-refractivity contribution is 6.32.